The molecule has 0 radical (unpaired) electrons. The Morgan fingerprint density at radius 3 is 2.50 bits per heavy atom. The first-order valence-electron chi connectivity index (χ1n) is 6.46. The fourth-order valence-electron chi connectivity index (χ4n) is 1.73. The van der Waals surface area contributed by atoms with Crippen molar-refractivity contribution in [3.8, 4) is 17.4 Å². The van der Waals surface area contributed by atoms with Crippen LogP contribution in [0.4, 0.5) is 5.69 Å². The van der Waals surface area contributed by atoms with Gasteiger partial charge >= 0.3 is 0 Å². The van der Waals surface area contributed by atoms with Gasteiger partial charge in [0.05, 0.1) is 12.8 Å². The van der Waals surface area contributed by atoms with Gasteiger partial charge in [-0.25, -0.2) is 4.98 Å². The van der Waals surface area contributed by atoms with Gasteiger partial charge in [-0.3, -0.25) is 0 Å². The Balaban J connectivity index is 2.30. The maximum absolute atomic E-state index is 5.93. The molecule has 1 aromatic carbocycles. The third-order valence-electron chi connectivity index (χ3n) is 2.80. The van der Waals surface area contributed by atoms with Crippen molar-refractivity contribution in [3.63, 3.8) is 0 Å². The molecule has 5 heteroatoms. The number of hydrogen-bond acceptors (Lipinski definition) is 5. The van der Waals surface area contributed by atoms with Crippen LogP contribution in [0, 0.1) is 6.92 Å². The molecule has 0 atom stereocenters. The van der Waals surface area contributed by atoms with Crippen molar-refractivity contribution in [2.45, 2.75) is 26.7 Å². The van der Waals surface area contributed by atoms with Crippen molar-refractivity contribution < 1.29 is 9.47 Å². The van der Waals surface area contributed by atoms with Gasteiger partial charge < -0.3 is 15.2 Å². The van der Waals surface area contributed by atoms with Crippen molar-refractivity contribution in [1.29, 1.82) is 0 Å². The summed E-state index contributed by atoms with van der Waals surface area (Å²) in [5, 5.41) is 0. The Labute approximate surface area is 118 Å². The summed E-state index contributed by atoms with van der Waals surface area (Å²) < 4.78 is 10.9. The molecule has 0 saturated carbocycles. The zero-order chi connectivity index (χ0) is 14.7. The van der Waals surface area contributed by atoms with Gasteiger partial charge in [-0.2, -0.15) is 4.98 Å². The zero-order valence-corrected chi connectivity index (χ0v) is 12.2. The molecule has 1 heterocycles. The molecule has 20 heavy (non-hydrogen) atoms. The largest absolute Gasteiger partial charge is 0.497 e. The van der Waals surface area contributed by atoms with Crippen LogP contribution >= 0.6 is 0 Å². The van der Waals surface area contributed by atoms with Crippen LogP contribution in [0.5, 0.6) is 17.4 Å². The lowest BCUT2D eigenvalue weighted by atomic mass is 10.2. The average molecular weight is 273 g/mol. The molecule has 0 fully saturated rings. The normalized spacial score (nSPS) is 10.7. The SMILES string of the molecule is COc1ccc(Oc2cc(C)nc(C(C)C)n2)c(N)c1. The van der Waals surface area contributed by atoms with E-state index in [0.29, 0.717) is 23.1 Å². The van der Waals surface area contributed by atoms with Crippen molar-refractivity contribution >= 4 is 5.69 Å². The Bertz CT molecular complexity index is 612. The first-order chi connectivity index (χ1) is 9.49. The second-order valence-corrected chi connectivity index (χ2v) is 4.87. The zero-order valence-electron chi connectivity index (χ0n) is 12.2. The quantitative estimate of drug-likeness (QED) is 0.865. The number of nitrogens with two attached hydrogens (primary N) is 1. The number of aromatic nitrogens is 2. The summed E-state index contributed by atoms with van der Waals surface area (Å²) in [4.78, 5) is 8.77. The molecule has 2 rings (SSSR count). The molecule has 2 aromatic rings. The summed E-state index contributed by atoms with van der Waals surface area (Å²) in [5.74, 6) is 2.74. The first kappa shape index (κ1) is 14.1. The van der Waals surface area contributed by atoms with Crippen molar-refractivity contribution in [3.05, 3.63) is 35.8 Å². The summed E-state index contributed by atoms with van der Waals surface area (Å²) in [7, 11) is 1.60. The number of benzene rings is 1. The molecule has 5 nitrogen and oxygen atoms in total. The summed E-state index contributed by atoms with van der Waals surface area (Å²) in [6.07, 6.45) is 0. The highest BCUT2D eigenvalue weighted by atomic mass is 16.5. The highest BCUT2D eigenvalue weighted by molar-refractivity contribution is 5.57. The Kier molecular flexibility index (Phi) is 4.08. The van der Waals surface area contributed by atoms with Crippen LogP contribution in [0.15, 0.2) is 24.3 Å². The van der Waals surface area contributed by atoms with E-state index < -0.39 is 0 Å². The Hall–Kier alpha value is -2.30. The van der Waals surface area contributed by atoms with E-state index in [0.717, 1.165) is 11.5 Å². The number of rotatable bonds is 4. The number of hydrogen-bond donors (Lipinski definition) is 1. The van der Waals surface area contributed by atoms with Gasteiger partial charge in [0.25, 0.3) is 0 Å². The van der Waals surface area contributed by atoms with Gasteiger partial charge in [0.15, 0.2) is 5.75 Å². The van der Waals surface area contributed by atoms with Gasteiger partial charge in [-0.15, -0.1) is 0 Å². The number of ether oxygens (including phenoxy) is 2. The molecule has 0 aliphatic heterocycles. The third-order valence-corrected chi connectivity index (χ3v) is 2.80. The fraction of sp³-hybridized carbons (Fsp3) is 0.333. The van der Waals surface area contributed by atoms with Crippen molar-refractivity contribution in [2.75, 3.05) is 12.8 Å². The minimum absolute atomic E-state index is 0.241. The number of nitrogen functional groups attached to an aromatic ring is 1. The molecule has 0 spiro atoms. The van der Waals surface area contributed by atoms with Crippen LogP contribution in [-0.4, -0.2) is 17.1 Å². The highest BCUT2D eigenvalue weighted by Crippen LogP contribution is 2.30. The molecule has 0 unspecified atom stereocenters. The fourth-order valence-corrected chi connectivity index (χ4v) is 1.73. The maximum atomic E-state index is 5.93. The molecule has 2 N–H and O–H groups in total. The summed E-state index contributed by atoms with van der Waals surface area (Å²) in [6.45, 7) is 6.00. The van der Waals surface area contributed by atoms with Crippen LogP contribution in [0.1, 0.15) is 31.3 Å². The smallest absolute Gasteiger partial charge is 0.222 e. The topological polar surface area (TPSA) is 70.3 Å². The van der Waals surface area contributed by atoms with E-state index in [4.69, 9.17) is 15.2 Å². The Morgan fingerprint density at radius 2 is 1.90 bits per heavy atom. The van der Waals surface area contributed by atoms with E-state index in [9.17, 15) is 0 Å². The number of aryl methyl sites for hydroxylation is 1. The van der Waals surface area contributed by atoms with E-state index in [-0.39, 0.29) is 5.92 Å². The summed E-state index contributed by atoms with van der Waals surface area (Å²) in [5.41, 5.74) is 7.30. The van der Waals surface area contributed by atoms with Gasteiger partial charge in [0.1, 0.15) is 11.6 Å². The van der Waals surface area contributed by atoms with Gasteiger partial charge in [-0.1, -0.05) is 13.8 Å². The van der Waals surface area contributed by atoms with Crippen molar-refractivity contribution in [2.24, 2.45) is 0 Å². The minimum atomic E-state index is 0.241. The maximum Gasteiger partial charge on any atom is 0.222 e. The molecular formula is C15H19N3O2. The Morgan fingerprint density at radius 1 is 1.15 bits per heavy atom. The lowest BCUT2D eigenvalue weighted by Crippen LogP contribution is -2.02. The van der Waals surface area contributed by atoms with Crippen LogP contribution in [0.2, 0.25) is 0 Å². The van der Waals surface area contributed by atoms with E-state index in [1.807, 2.05) is 20.8 Å². The van der Waals surface area contributed by atoms with Crippen LogP contribution in [0.25, 0.3) is 0 Å². The summed E-state index contributed by atoms with van der Waals surface area (Å²) in [6, 6.07) is 7.06. The molecule has 1 aromatic heterocycles. The molecule has 0 aliphatic carbocycles. The second kappa shape index (κ2) is 5.77. The van der Waals surface area contributed by atoms with Gasteiger partial charge in [0, 0.05) is 23.7 Å². The predicted molar refractivity (Wildman–Crippen MR) is 78.3 cm³/mol. The van der Waals surface area contributed by atoms with Crippen molar-refractivity contribution in [1.82, 2.24) is 9.97 Å². The molecule has 0 aliphatic rings. The van der Waals surface area contributed by atoms with E-state index in [1.165, 1.54) is 0 Å². The second-order valence-electron chi connectivity index (χ2n) is 4.87. The van der Waals surface area contributed by atoms with Crippen LogP contribution < -0.4 is 15.2 Å². The molecule has 0 amide bonds. The predicted octanol–water partition coefficient (Wildman–Crippen LogP) is 3.29. The van der Waals surface area contributed by atoms with Crippen LogP contribution in [-0.2, 0) is 0 Å². The molecular weight excluding hydrogens is 254 g/mol. The number of methoxy groups -OCH3 is 1. The third kappa shape index (κ3) is 3.17. The molecule has 0 bridgehead atoms. The number of nitrogens with zero attached hydrogens (tertiary/aromatic N) is 2. The lowest BCUT2D eigenvalue weighted by Gasteiger charge is -2.11. The van der Waals surface area contributed by atoms with Gasteiger partial charge in [-0.05, 0) is 19.1 Å². The minimum Gasteiger partial charge on any atom is -0.497 e. The molecule has 106 valence electrons. The monoisotopic (exact) mass is 273 g/mol. The van der Waals surface area contributed by atoms with Gasteiger partial charge in [0.2, 0.25) is 5.88 Å². The first-order valence-corrected chi connectivity index (χ1v) is 6.46. The molecule has 0 saturated heterocycles. The lowest BCUT2D eigenvalue weighted by molar-refractivity contribution is 0.412. The highest BCUT2D eigenvalue weighted by Gasteiger charge is 2.09. The van der Waals surface area contributed by atoms with E-state index >= 15 is 0 Å². The van der Waals surface area contributed by atoms with Crippen LogP contribution in [0.3, 0.4) is 0 Å². The number of anilines is 1. The van der Waals surface area contributed by atoms with E-state index in [2.05, 4.69) is 9.97 Å². The summed E-state index contributed by atoms with van der Waals surface area (Å²) >= 11 is 0. The van der Waals surface area contributed by atoms with E-state index in [1.54, 1.807) is 31.4 Å². The standard InChI is InChI=1S/C15H19N3O2/c1-9(2)15-17-10(3)7-14(18-15)20-13-6-5-11(19-4)8-12(13)16/h5-9H,16H2,1-4H3. The average Bonchev–Trinajstić information content (AvgIpc) is 2.40.